The normalized spacial score (nSPS) is 17.7. The van der Waals surface area contributed by atoms with Gasteiger partial charge in [-0.15, -0.1) is 11.6 Å². The molecule has 2 rings (SSSR count). The van der Waals surface area contributed by atoms with Crippen molar-refractivity contribution in [3.63, 3.8) is 0 Å². The van der Waals surface area contributed by atoms with Crippen LogP contribution in [0.5, 0.6) is 0 Å². The predicted molar refractivity (Wildman–Crippen MR) is 70.4 cm³/mol. The van der Waals surface area contributed by atoms with Crippen molar-refractivity contribution in [2.75, 3.05) is 0 Å². The fraction of sp³-hybridized carbons (Fsp3) is 0.500. The van der Waals surface area contributed by atoms with Gasteiger partial charge in [0.2, 0.25) is 5.91 Å². The summed E-state index contributed by atoms with van der Waals surface area (Å²) in [7, 11) is 0. The minimum absolute atomic E-state index is 0.114. The summed E-state index contributed by atoms with van der Waals surface area (Å²) in [6.45, 7) is 0. The second-order valence-corrected chi connectivity index (χ2v) is 5.26. The molecule has 5 heteroatoms. The number of hydrogen-bond donors (Lipinski definition) is 1. The molecule has 1 amide bonds. The summed E-state index contributed by atoms with van der Waals surface area (Å²) >= 11 is 6.05. The van der Waals surface area contributed by atoms with Crippen molar-refractivity contribution in [2.45, 2.75) is 43.5 Å². The Bertz CT molecular complexity index is 447. The van der Waals surface area contributed by atoms with Gasteiger partial charge in [0.05, 0.1) is 0 Å². The van der Waals surface area contributed by atoms with Crippen LogP contribution in [0.3, 0.4) is 0 Å². The van der Waals surface area contributed by atoms with E-state index in [1.807, 2.05) is 0 Å². The molecule has 0 spiro atoms. The fourth-order valence-electron chi connectivity index (χ4n) is 2.35. The minimum atomic E-state index is -2.55. The van der Waals surface area contributed by atoms with Crippen LogP contribution in [0.15, 0.2) is 24.3 Å². The molecule has 1 unspecified atom stereocenters. The van der Waals surface area contributed by atoms with Crippen molar-refractivity contribution in [3.05, 3.63) is 35.4 Å². The molecular formula is C14H16ClF2NO. The zero-order valence-electron chi connectivity index (χ0n) is 10.4. The highest BCUT2D eigenvalue weighted by Gasteiger charge is 2.23. The molecule has 2 nitrogen and oxygen atoms in total. The average molecular weight is 288 g/mol. The zero-order valence-corrected chi connectivity index (χ0v) is 11.2. The van der Waals surface area contributed by atoms with Gasteiger partial charge in [-0.05, 0) is 24.5 Å². The average Bonchev–Trinajstić information content (AvgIpc) is 2.90. The third-order valence-electron chi connectivity index (χ3n) is 3.39. The van der Waals surface area contributed by atoms with Crippen molar-refractivity contribution < 1.29 is 13.6 Å². The number of carbonyl (C=O) groups excluding carboxylic acids is 1. The minimum Gasteiger partial charge on any atom is -0.352 e. The standard InChI is InChI=1S/C14H16ClF2NO/c15-12(14(19)18-11-6-1-2-7-11)9-4-3-5-10(8-9)13(16)17/h3-5,8,11-13H,1-2,6-7H2,(H,18,19). The van der Waals surface area contributed by atoms with Gasteiger partial charge in [0.25, 0.3) is 6.43 Å². The van der Waals surface area contributed by atoms with Gasteiger partial charge in [-0.25, -0.2) is 8.78 Å². The Balaban J connectivity index is 2.03. The molecule has 1 saturated carbocycles. The molecule has 19 heavy (non-hydrogen) atoms. The lowest BCUT2D eigenvalue weighted by Gasteiger charge is -2.16. The van der Waals surface area contributed by atoms with E-state index in [1.54, 1.807) is 6.07 Å². The molecule has 1 aromatic carbocycles. The summed E-state index contributed by atoms with van der Waals surface area (Å²) in [5.41, 5.74) is 0.298. The van der Waals surface area contributed by atoms with E-state index in [9.17, 15) is 13.6 Å². The van der Waals surface area contributed by atoms with Gasteiger partial charge in [0.1, 0.15) is 5.38 Å². The van der Waals surface area contributed by atoms with Crippen molar-refractivity contribution in [1.29, 1.82) is 0 Å². The molecule has 1 N–H and O–H groups in total. The Morgan fingerprint density at radius 3 is 2.53 bits per heavy atom. The van der Waals surface area contributed by atoms with Crippen LogP contribution >= 0.6 is 11.6 Å². The van der Waals surface area contributed by atoms with Crippen LogP contribution in [0.1, 0.15) is 48.6 Å². The van der Waals surface area contributed by atoms with E-state index in [0.717, 1.165) is 25.7 Å². The Hall–Kier alpha value is -1.16. The van der Waals surface area contributed by atoms with Crippen LogP contribution in [0.25, 0.3) is 0 Å². The number of hydrogen-bond acceptors (Lipinski definition) is 1. The van der Waals surface area contributed by atoms with E-state index in [2.05, 4.69) is 5.32 Å². The summed E-state index contributed by atoms with van der Waals surface area (Å²) in [5.74, 6) is -0.306. The number of carbonyl (C=O) groups is 1. The summed E-state index contributed by atoms with van der Waals surface area (Å²) < 4.78 is 25.2. The van der Waals surface area contributed by atoms with Crippen LogP contribution in [0.2, 0.25) is 0 Å². The summed E-state index contributed by atoms with van der Waals surface area (Å²) in [4.78, 5) is 12.0. The number of nitrogens with one attached hydrogen (secondary N) is 1. The molecule has 1 fully saturated rings. The van der Waals surface area contributed by atoms with Gasteiger partial charge < -0.3 is 5.32 Å². The highest BCUT2D eigenvalue weighted by atomic mass is 35.5. The lowest BCUT2D eigenvalue weighted by molar-refractivity contribution is -0.121. The molecule has 0 aliphatic heterocycles. The van der Waals surface area contributed by atoms with Gasteiger partial charge in [-0.2, -0.15) is 0 Å². The number of benzene rings is 1. The van der Waals surface area contributed by atoms with Gasteiger partial charge in [0, 0.05) is 11.6 Å². The second kappa shape index (κ2) is 6.33. The zero-order chi connectivity index (χ0) is 13.8. The van der Waals surface area contributed by atoms with Gasteiger partial charge in [-0.3, -0.25) is 4.79 Å². The van der Waals surface area contributed by atoms with Crippen molar-refractivity contribution in [2.24, 2.45) is 0 Å². The van der Waals surface area contributed by atoms with Crippen LogP contribution in [0.4, 0.5) is 8.78 Å². The van der Waals surface area contributed by atoms with E-state index in [0.29, 0.717) is 5.56 Å². The molecule has 0 radical (unpaired) electrons. The monoisotopic (exact) mass is 287 g/mol. The van der Waals surface area contributed by atoms with E-state index in [4.69, 9.17) is 11.6 Å². The number of amides is 1. The maximum atomic E-state index is 12.6. The molecule has 0 saturated heterocycles. The topological polar surface area (TPSA) is 29.1 Å². The molecule has 0 aromatic heterocycles. The fourth-order valence-corrected chi connectivity index (χ4v) is 2.55. The van der Waals surface area contributed by atoms with E-state index in [-0.39, 0.29) is 17.5 Å². The van der Waals surface area contributed by atoms with E-state index < -0.39 is 11.8 Å². The van der Waals surface area contributed by atoms with Gasteiger partial charge >= 0.3 is 0 Å². The molecule has 0 bridgehead atoms. The van der Waals surface area contributed by atoms with E-state index in [1.165, 1.54) is 18.2 Å². The van der Waals surface area contributed by atoms with Crippen molar-refractivity contribution in [3.8, 4) is 0 Å². The molecule has 0 heterocycles. The van der Waals surface area contributed by atoms with Crippen LogP contribution < -0.4 is 5.32 Å². The number of halogens is 3. The number of alkyl halides is 3. The predicted octanol–water partition coefficient (Wildman–Crippen LogP) is 3.96. The van der Waals surface area contributed by atoms with Gasteiger partial charge in [0.15, 0.2) is 0 Å². The maximum Gasteiger partial charge on any atom is 0.263 e. The van der Waals surface area contributed by atoms with Crippen LogP contribution in [0, 0.1) is 0 Å². The van der Waals surface area contributed by atoms with Crippen molar-refractivity contribution >= 4 is 17.5 Å². The highest BCUT2D eigenvalue weighted by molar-refractivity contribution is 6.30. The first-order valence-electron chi connectivity index (χ1n) is 6.40. The Labute approximate surface area is 116 Å². The lowest BCUT2D eigenvalue weighted by Crippen LogP contribution is -2.34. The molecular weight excluding hydrogens is 272 g/mol. The quantitative estimate of drug-likeness (QED) is 0.834. The van der Waals surface area contributed by atoms with E-state index >= 15 is 0 Å². The summed E-state index contributed by atoms with van der Waals surface area (Å²) in [5, 5.41) is 1.95. The third-order valence-corrected chi connectivity index (χ3v) is 3.84. The lowest BCUT2D eigenvalue weighted by atomic mass is 10.1. The summed E-state index contributed by atoms with van der Waals surface area (Å²) in [6.07, 6.45) is 1.60. The maximum absolute atomic E-state index is 12.6. The first kappa shape index (κ1) is 14.3. The Morgan fingerprint density at radius 1 is 1.26 bits per heavy atom. The molecule has 1 aliphatic carbocycles. The first-order chi connectivity index (χ1) is 9.08. The largest absolute Gasteiger partial charge is 0.352 e. The van der Waals surface area contributed by atoms with Crippen LogP contribution in [-0.4, -0.2) is 11.9 Å². The Kier molecular flexibility index (Phi) is 4.75. The highest BCUT2D eigenvalue weighted by Crippen LogP contribution is 2.27. The second-order valence-electron chi connectivity index (χ2n) is 4.82. The SMILES string of the molecule is O=C(NC1CCCC1)C(Cl)c1cccc(C(F)F)c1. The van der Waals surface area contributed by atoms with Crippen molar-refractivity contribution in [1.82, 2.24) is 5.32 Å². The smallest absolute Gasteiger partial charge is 0.263 e. The number of rotatable bonds is 4. The molecule has 1 aromatic rings. The molecule has 1 aliphatic rings. The third kappa shape index (κ3) is 3.66. The molecule has 1 atom stereocenters. The first-order valence-corrected chi connectivity index (χ1v) is 6.84. The van der Waals surface area contributed by atoms with Crippen LogP contribution in [-0.2, 0) is 4.79 Å². The summed E-state index contributed by atoms with van der Waals surface area (Å²) in [6, 6.07) is 5.88. The van der Waals surface area contributed by atoms with Gasteiger partial charge in [-0.1, -0.05) is 31.0 Å². The molecule has 104 valence electrons. The Morgan fingerprint density at radius 2 is 1.89 bits per heavy atom.